The van der Waals surface area contributed by atoms with Crippen LogP contribution in [0.15, 0.2) is 28.9 Å². The van der Waals surface area contributed by atoms with E-state index in [1.165, 1.54) is 0 Å². The Bertz CT molecular complexity index is 612. The SMILES string of the molecule is Cn1ccc(CC(O)c2cc(Br)c3c(c2)OCO3)n1. The summed E-state index contributed by atoms with van der Waals surface area (Å²) in [6, 6.07) is 5.55. The molecule has 3 rings (SSSR count). The molecule has 6 heteroatoms. The lowest BCUT2D eigenvalue weighted by molar-refractivity contribution is 0.171. The number of benzene rings is 1. The van der Waals surface area contributed by atoms with Gasteiger partial charge in [-0.25, -0.2) is 0 Å². The summed E-state index contributed by atoms with van der Waals surface area (Å²) in [5, 5.41) is 14.5. The van der Waals surface area contributed by atoms with E-state index in [1.54, 1.807) is 10.7 Å². The van der Waals surface area contributed by atoms with E-state index in [0.717, 1.165) is 15.7 Å². The van der Waals surface area contributed by atoms with Crippen LogP contribution < -0.4 is 9.47 Å². The molecular formula is C13H13BrN2O3. The molecule has 2 heterocycles. The third kappa shape index (κ3) is 2.46. The molecule has 19 heavy (non-hydrogen) atoms. The minimum atomic E-state index is -0.624. The lowest BCUT2D eigenvalue weighted by atomic mass is 10.0. The summed E-state index contributed by atoms with van der Waals surface area (Å²) in [7, 11) is 1.85. The highest BCUT2D eigenvalue weighted by molar-refractivity contribution is 9.10. The van der Waals surface area contributed by atoms with E-state index in [2.05, 4.69) is 21.0 Å². The molecule has 0 saturated carbocycles. The first-order valence-electron chi connectivity index (χ1n) is 5.89. The number of nitrogens with zero attached hydrogens (tertiary/aromatic N) is 2. The molecule has 2 aromatic rings. The highest BCUT2D eigenvalue weighted by Gasteiger charge is 2.21. The van der Waals surface area contributed by atoms with E-state index in [9.17, 15) is 5.11 Å². The first kappa shape index (κ1) is 12.5. The van der Waals surface area contributed by atoms with Gasteiger partial charge in [0.2, 0.25) is 6.79 Å². The summed E-state index contributed by atoms with van der Waals surface area (Å²) in [5.41, 5.74) is 1.63. The lowest BCUT2D eigenvalue weighted by Crippen LogP contribution is -2.03. The van der Waals surface area contributed by atoms with Crippen molar-refractivity contribution < 1.29 is 14.6 Å². The maximum atomic E-state index is 10.3. The van der Waals surface area contributed by atoms with Gasteiger partial charge in [-0.05, 0) is 39.7 Å². The van der Waals surface area contributed by atoms with Crippen molar-refractivity contribution in [2.45, 2.75) is 12.5 Å². The number of aryl methyl sites for hydroxylation is 1. The third-order valence-electron chi connectivity index (χ3n) is 3.01. The number of halogens is 1. The molecule has 0 spiro atoms. The van der Waals surface area contributed by atoms with Crippen LogP contribution in [0, 0.1) is 0 Å². The Kier molecular flexibility index (Phi) is 3.20. The van der Waals surface area contributed by atoms with Gasteiger partial charge in [-0.3, -0.25) is 4.68 Å². The van der Waals surface area contributed by atoms with Crippen LogP contribution >= 0.6 is 15.9 Å². The van der Waals surface area contributed by atoms with Gasteiger partial charge < -0.3 is 14.6 Å². The summed E-state index contributed by atoms with van der Waals surface area (Å²) < 4.78 is 13.2. The zero-order valence-corrected chi connectivity index (χ0v) is 11.9. The second-order valence-electron chi connectivity index (χ2n) is 4.44. The van der Waals surface area contributed by atoms with Gasteiger partial charge in [0.25, 0.3) is 0 Å². The summed E-state index contributed by atoms with van der Waals surface area (Å²) in [6.07, 6.45) is 1.70. The van der Waals surface area contributed by atoms with Crippen molar-refractivity contribution in [3.05, 3.63) is 40.1 Å². The molecule has 0 bridgehead atoms. The minimum absolute atomic E-state index is 0.216. The average Bonchev–Trinajstić information content (AvgIpc) is 2.98. The van der Waals surface area contributed by atoms with Crippen LogP contribution in [0.1, 0.15) is 17.4 Å². The van der Waals surface area contributed by atoms with Crippen molar-refractivity contribution >= 4 is 15.9 Å². The summed E-state index contributed by atoms with van der Waals surface area (Å²) in [6.45, 7) is 0.216. The third-order valence-corrected chi connectivity index (χ3v) is 3.59. The molecule has 1 aliphatic heterocycles. The van der Waals surface area contributed by atoms with Crippen molar-refractivity contribution in [1.82, 2.24) is 9.78 Å². The predicted octanol–water partition coefficient (Wildman–Crippen LogP) is 2.19. The van der Waals surface area contributed by atoms with Crippen molar-refractivity contribution in [2.24, 2.45) is 7.05 Å². The van der Waals surface area contributed by atoms with Gasteiger partial charge in [-0.15, -0.1) is 0 Å². The number of aliphatic hydroxyl groups excluding tert-OH is 1. The van der Waals surface area contributed by atoms with Gasteiger partial charge >= 0.3 is 0 Å². The van der Waals surface area contributed by atoms with Crippen molar-refractivity contribution in [3.8, 4) is 11.5 Å². The fraction of sp³-hybridized carbons (Fsp3) is 0.308. The Morgan fingerprint density at radius 1 is 1.47 bits per heavy atom. The fourth-order valence-electron chi connectivity index (χ4n) is 2.07. The van der Waals surface area contributed by atoms with E-state index in [4.69, 9.17) is 9.47 Å². The second kappa shape index (κ2) is 4.86. The van der Waals surface area contributed by atoms with Crippen molar-refractivity contribution in [3.63, 3.8) is 0 Å². The van der Waals surface area contributed by atoms with E-state index in [1.807, 2.05) is 25.4 Å². The molecule has 1 N–H and O–H groups in total. The minimum Gasteiger partial charge on any atom is -0.454 e. The largest absolute Gasteiger partial charge is 0.454 e. The monoisotopic (exact) mass is 324 g/mol. The van der Waals surface area contributed by atoms with Crippen LogP contribution in [0.25, 0.3) is 0 Å². The maximum absolute atomic E-state index is 10.3. The second-order valence-corrected chi connectivity index (χ2v) is 5.29. The zero-order chi connectivity index (χ0) is 13.4. The zero-order valence-electron chi connectivity index (χ0n) is 10.3. The Balaban J connectivity index is 1.84. The summed E-state index contributed by atoms with van der Waals surface area (Å²) in [5.74, 6) is 1.35. The average molecular weight is 325 g/mol. The quantitative estimate of drug-likeness (QED) is 0.940. The number of ether oxygens (including phenoxy) is 2. The number of fused-ring (bicyclic) bond motifs is 1. The van der Waals surface area contributed by atoms with Crippen molar-refractivity contribution in [2.75, 3.05) is 6.79 Å². The van der Waals surface area contributed by atoms with Crippen molar-refractivity contribution in [1.29, 1.82) is 0 Å². The number of hydrogen-bond donors (Lipinski definition) is 1. The molecule has 1 atom stereocenters. The molecule has 1 aromatic carbocycles. The van der Waals surface area contributed by atoms with Crippen LogP contribution in [-0.2, 0) is 13.5 Å². The Morgan fingerprint density at radius 3 is 3.05 bits per heavy atom. The molecule has 5 nitrogen and oxygen atoms in total. The number of hydrogen-bond acceptors (Lipinski definition) is 4. The number of rotatable bonds is 3. The Hall–Kier alpha value is -1.53. The van der Waals surface area contributed by atoms with E-state index in [-0.39, 0.29) is 6.79 Å². The maximum Gasteiger partial charge on any atom is 0.231 e. The normalized spacial score (nSPS) is 14.7. The molecule has 100 valence electrons. The molecule has 1 unspecified atom stereocenters. The van der Waals surface area contributed by atoms with E-state index < -0.39 is 6.10 Å². The van der Waals surface area contributed by atoms with Crippen LogP contribution in [0.4, 0.5) is 0 Å². The van der Waals surface area contributed by atoms with Gasteiger partial charge in [0.05, 0.1) is 16.3 Å². The van der Waals surface area contributed by atoms with Gasteiger partial charge in [-0.2, -0.15) is 5.10 Å². The van der Waals surface area contributed by atoms with Gasteiger partial charge in [0, 0.05) is 19.7 Å². The highest BCUT2D eigenvalue weighted by Crippen LogP contribution is 2.41. The molecule has 0 amide bonds. The van der Waals surface area contributed by atoms with Crippen LogP contribution in [0.2, 0.25) is 0 Å². The molecule has 1 aliphatic rings. The van der Waals surface area contributed by atoms with Gasteiger partial charge in [-0.1, -0.05) is 0 Å². The standard InChI is InChI=1S/C13H13BrN2O3/c1-16-3-2-9(15-16)6-11(17)8-4-10(14)13-12(5-8)18-7-19-13/h2-5,11,17H,6-7H2,1H3. The smallest absolute Gasteiger partial charge is 0.231 e. The molecule has 0 fully saturated rings. The predicted molar refractivity (Wildman–Crippen MR) is 72.1 cm³/mol. The van der Waals surface area contributed by atoms with Gasteiger partial charge in [0.15, 0.2) is 11.5 Å². The first-order valence-corrected chi connectivity index (χ1v) is 6.68. The van der Waals surface area contributed by atoms with E-state index >= 15 is 0 Å². The fourth-order valence-corrected chi connectivity index (χ4v) is 2.64. The van der Waals surface area contributed by atoms with E-state index in [0.29, 0.717) is 17.9 Å². The number of aromatic nitrogens is 2. The summed E-state index contributed by atoms with van der Waals surface area (Å²) >= 11 is 3.42. The lowest BCUT2D eigenvalue weighted by Gasteiger charge is -2.11. The molecular weight excluding hydrogens is 312 g/mol. The highest BCUT2D eigenvalue weighted by atomic mass is 79.9. The van der Waals surface area contributed by atoms with Gasteiger partial charge in [0.1, 0.15) is 0 Å². The van der Waals surface area contributed by atoms with Crippen LogP contribution in [-0.4, -0.2) is 21.7 Å². The summed E-state index contributed by atoms with van der Waals surface area (Å²) in [4.78, 5) is 0. The Labute approximate surface area is 118 Å². The molecule has 0 radical (unpaired) electrons. The molecule has 0 saturated heterocycles. The topological polar surface area (TPSA) is 56.5 Å². The molecule has 1 aromatic heterocycles. The first-order chi connectivity index (χ1) is 9.13. The number of aliphatic hydroxyl groups is 1. The molecule has 0 aliphatic carbocycles. The van der Waals surface area contributed by atoms with Crippen LogP contribution in [0.5, 0.6) is 11.5 Å². The van der Waals surface area contributed by atoms with Crippen LogP contribution in [0.3, 0.4) is 0 Å². The Morgan fingerprint density at radius 2 is 2.32 bits per heavy atom.